The van der Waals surface area contributed by atoms with Crippen LogP contribution in [0.15, 0.2) is 30.3 Å². The molecule has 162 valence electrons. The lowest BCUT2D eigenvalue weighted by Gasteiger charge is -2.63. The molecule has 2 amide bonds. The minimum Gasteiger partial charge on any atom is -0.350 e. The van der Waals surface area contributed by atoms with Gasteiger partial charge < -0.3 is 16.0 Å². The molecule has 3 N–H and O–H groups in total. The molecular weight excluding hydrogens is 374 g/mol. The van der Waals surface area contributed by atoms with Gasteiger partial charge in [0.05, 0.1) is 12.5 Å². The SMILES string of the molecule is C[C@@H]1C[C@@H]1N(C)C(=O)C(N)C12CC3CC(CC(NC(=O)Cc4ccccc4)(C3)C1)C2. The number of hydrogen-bond acceptors (Lipinski definition) is 3. The van der Waals surface area contributed by atoms with E-state index in [1.54, 1.807) is 0 Å². The largest absolute Gasteiger partial charge is 0.350 e. The Balaban J connectivity index is 1.33. The van der Waals surface area contributed by atoms with Crippen LogP contribution >= 0.6 is 0 Å². The molecule has 0 saturated heterocycles. The molecule has 6 rings (SSSR count). The van der Waals surface area contributed by atoms with Crippen LogP contribution in [0.2, 0.25) is 0 Å². The van der Waals surface area contributed by atoms with E-state index in [4.69, 9.17) is 5.73 Å². The Morgan fingerprint density at radius 3 is 2.37 bits per heavy atom. The average Bonchev–Trinajstić information content (AvgIpc) is 3.42. The highest BCUT2D eigenvalue weighted by Crippen LogP contribution is 2.62. The molecule has 5 aliphatic carbocycles. The van der Waals surface area contributed by atoms with Crippen molar-refractivity contribution in [1.29, 1.82) is 0 Å². The molecule has 5 aliphatic rings. The quantitative estimate of drug-likeness (QED) is 0.759. The van der Waals surface area contributed by atoms with E-state index in [2.05, 4.69) is 12.2 Å². The van der Waals surface area contributed by atoms with Gasteiger partial charge in [-0.05, 0) is 73.7 Å². The minimum atomic E-state index is -0.452. The Hall–Kier alpha value is -1.88. The van der Waals surface area contributed by atoms with Crippen LogP contribution in [-0.2, 0) is 16.0 Å². The first-order chi connectivity index (χ1) is 14.3. The van der Waals surface area contributed by atoms with E-state index in [0.717, 1.165) is 44.1 Å². The lowest BCUT2D eigenvalue weighted by molar-refractivity contribution is -0.147. The molecule has 5 atom stereocenters. The molecule has 0 heterocycles. The van der Waals surface area contributed by atoms with Crippen LogP contribution in [0.3, 0.4) is 0 Å². The molecule has 0 aliphatic heterocycles. The smallest absolute Gasteiger partial charge is 0.240 e. The molecule has 5 heteroatoms. The standard InChI is InChI=1S/C25H35N3O2/c1-16-8-20(16)28(2)23(30)22(26)24-11-18-9-19(12-24)14-25(13-18,15-24)27-21(29)10-17-6-4-3-5-7-17/h3-7,16,18-20,22H,8-15,26H2,1-2H3,(H,27,29)/t16-,18?,19?,20+,22?,24?,25?/m1/s1. The first-order valence-electron chi connectivity index (χ1n) is 11.7. The third-order valence-electron chi connectivity index (χ3n) is 8.56. The van der Waals surface area contributed by atoms with Crippen molar-refractivity contribution >= 4 is 11.8 Å². The maximum Gasteiger partial charge on any atom is 0.240 e. The normalized spacial score (nSPS) is 39.4. The molecule has 1 aromatic rings. The Bertz CT molecular complexity index is 824. The number of benzene rings is 1. The molecule has 5 saturated carbocycles. The van der Waals surface area contributed by atoms with Crippen molar-refractivity contribution in [2.45, 2.75) is 75.9 Å². The Kier molecular flexibility index (Phi) is 4.73. The van der Waals surface area contributed by atoms with Gasteiger partial charge in [-0.1, -0.05) is 37.3 Å². The maximum absolute atomic E-state index is 13.3. The first kappa shape index (κ1) is 20.0. The predicted octanol–water partition coefficient (Wildman–Crippen LogP) is 2.88. The van der Waals surface area contributed by atoms with E-state index in [1.165, 1.54) is 6.42 Å². The zero-order chi connectivity index (χ0) is 21.1. The Morgan fingerprint density at radius 1 is 1.13 bits per heavy atom. The lowest BCUT2D eigenvalue weighted by atomic mass is 9.45. The highest BCUT2D eigenvalue weighted by Gasteiger charge is 2.61. The van der Waals surface area contributed by atoms with E-state index in [9.17, 15) is 9.59 Å². The number of nitrogens with zero attached hydrogens (tertiary/aromatic N) is 1. The van der Waals surface area contributed by atoms with Crippen molar-refractivity contribution in [2.75, 3.05) is 7.05 Å². The van der Waals surface area contributed by atoms with E-state index < -0.39 is 6.04 Å². The van der Waals surface area contributed by atoms with E-state index >= 15 is 0 Å². The number of nitrogens with one attached hydrogen (secondary N) is 1. The number of rotatable bonds is 6. The number of carbonyl (C=O) groups excluding carboxylic acids is 2. The number of amides is 2. The Labute approximate surface area is 179 Å². The molecule has 0 radical (unpaired) electrons. The van der Waals surface area contributed by atoms with Gasteiger partial charge in [-0.2, -0.15) is 0 Å². The summed E-state index contributed by atoms with van der Waals surface area (Å²) in [5.41, 5.74) is 7.44. The fourth-order valence-corrected chi connectivity index (χ4v) is 7.45. The number of hydrogen-bond donors (Lipinski definition) is 2. The van der Waals surface area contributed by atoms with Gasteiger partial charge >= 0.3 is 0 Å². The highest BCUT2D eigenvalue weighted by atomic mass is 16.2. The van der Waals surface area contributed by atoms with Gasteiger partial charge in [0.2, 0.25) is 11.8 Å². The molecule has 1 aromatic carbocycles. The van der Waals surface area contributed by atoms with Crippen LogP contribution in [0.4, 0.5) is 0 Å². The van der Waals surface area contributed by atoms with E-state index in [-0.39, 0.29) is 22.8 Å². The third kappa shape index (κ3) is 3.45. The summed E-state index contributed by atoms with van der Waals surface area (Å²) in [4.78, 5) is 28.1. The average molecular weight is 410 g/mol. The number of likely N-dealkylation sites (N-methyl/N-ethyl adjacent to an activating group) is 1. The van der Waals surface area contributed by atoms with Crippen LogP contribution in [0, 0.1) is 23.2 Å². The summed E-state index contributed by atoms with van der Waals surface area (Å²) < 4.78 is 0. The van der Waals surface area contributed by atoms with Crippen molar-refractivity contribution in [3.63, 3.8) is 0 Å². The minimum absolute atomic E-state index is 0.0992. The van der Waals surface area contributed by atoms with Crippen molar-refractivity contribution in [3.05, 3.63) is 35.9 Å². The molecule has 5 nitrogen and oxygen atoms in total. The second kappa shape index (κ2) is 7.08. The van der Waals surface area contributed by atoms with Gasteiger partial charge in [-0.3, -0.25) is 9.59 Å². The fraction of sp³-hybridized carbons (Fsp3) is 0.680. The van der Waals surface area contributed by atoms with Crippen LogP contribution < -0.4 is 11.1 Å². The zero-order valence-corrected chi connectivity index (χ0v) is 18.3. The maximum atomic E-state index is 13.3. The van der Waals surface area contributed by atoms with Crippen LogP contribution in [-0.4, -0.2) is 41.4 Å². The monoisotopic (exact) mass is 409 g/mol. The number of nitrogens with two attached hydrogens (primary N) is 1. The highest BCUT2D eigenvalue weighted by molar-refractivity contribution is 5.83. The van der Waals surface area contributed by atoms with Crippen LogP contribution in [0.25, 0.3) is 0 Å². The molecule has 0 aromatic heterocycles. The van der Waals surface area contributed by atoms with Crippen molar-refractivity contribution < 1.29 is 9.59 Å². The summed E-state index contributed by atoms with van der Waals surface area (Å²) in [6.07, 6.45) is 7.76. The van der Waals surface area contributed by atoms with Gasteiger partial charge in [0.25, 0.3) is 0 Å². The van der Waals surface area contributed by atoms with Gasteiger partial charge in [0.15, 0.2) is 0 Å². The second-order valence-electron chi connectivity index (χ2n) is 11.0. The summed E-state index contributed by atoms with van der Waals surface area (Å²) in [5, 5.41) is 3.44. The summed E-state index contributed by atoms with van der Waals surface area (Å²) >= 11 is 0. The number of carbonyl (C=O) groups is 2. The third-order valence-corrected chi connectivity index (χ3v) is 8.56. The fourth-order valence-electron chi connectivity index (χ4n) is 7.45. The molecular formula is C25H35N3O2. The zero-order valence-electron chi connectivity index (χ0n) is 18.3. The van der Waals surface area contributed by atoms with Gasteiger partial charge in [-0.15, -0.1) is 0 Å². The molecule has 3 unspecified atom stereocenters. The predicted molar refractivity (Wildman–Crippen MR) is 116 cm³/mol. The molecule has 30 heavy (non-hydrogen) atoms. The topological polar surface area (TPSA) is 75.4 Å². The lowest BCUT2D eigenvalue weighted by Crippen LogP contribution is -2.68. The molecule has 0 spiro atoms. The summed E-state index contributed by atoms with van der Waals surface area (Å²) in [6, 6.07) is 9.84. The first-order valence-corrected chi connectivity index (χ1v) is 11.7. The summed E-state index contributed by atoms with van der Waals surface area (Å²) in [7, 11) is 1.92. The van der Waals surface area contributed by atoms with Gasteiger partial charge in [0.1, 0.15) is 0 Å². The summed E-state index contributed by atoms with van der Waals surface area (Å²) in [5.74, 6) is 1.95. The van der Waals surface area contributed by atoms with Crippen LogP contribution in [0.5, 0.6) is 0 Å². The van der Waals surface area contributed by atoms with Crippen molar-refractivity contribution in [1.82, 2.24) is 10.2 Å². The van der Waals surface area contributed by atoms with Gasteiger partial charge in [0, 0.05) is 18.6 Å². The van der Waals surface area contributed by atoms with Crippen molar-refractivity contribution in [2.24, 2.45) is 28.9 Å². The molecule has 4 bridgehead atoms. The second-order valence-corrected chi connectivity index (χ2v) is 11.0. The Morgan fingerprint density at radius 2 is 1.77 bits per heavy atom. The summed E-state index contributed by atoms with van der Waals surface area (Å²) in [6.45, 7) is 2.20. The van der Waals surface area contributed by atoms with Crippen LogP contribution in [0.1, 0.15) is 57.4 Å². The van der Waals surface area contributed by atoms with Gasteiger partial charge in [-0.25, -0.2) is 0 Å². The van der Waals surface area contributed by atoms with Crippen molar-refractivity contribution in [3.8, 4) is 0 Å². The van der Waals surface area contributed by atoms with E-state index in [0.29, 0.717) is 30.2 Å². The molecule has 5 fully saturated rings. The van der Waals surface area contributed by atoms with E-state index in [1.807, 2.05) is 42.3 Å².